The van der Waals surface area contributed by atoms with E-state index in [-0.39, 0.29) is 5.82 Å². The van der Waals surface area contributed by atoms with Crippen LogP contribution in [0.4, 0.5) is 4.39 Å². The van der Waals surface area contributed by atoms with Gasteiger partial charge < -0.3 is 0 Å². The van der Waals surface area contributed by atoms with Gasteiger partial charge >= 0.3 is 0 Å². The molecular weight excluding hydrogens is 139 g/mol. The Kier molecular flexibility index (Phi) is 1.72. The van der Waals surface area contributed by atoms with Crippen molar-refractivity contribution >= 4 is 11.6 Å². The van der Waals surface area contributed by atoms with Gasteiger partial charge in [-0.2, -0.15) is 0 Å². The second kappa shape index (κ2) is 2.36. The molecule has 0 aliphatic carbocycles. The lowest BCUT2D eigenvalue weighted by molar-refractivity contribution is 0.618. The van der Waals surface area contributed by atoms with Crippen LogP contribution in [-0.4, -0.2) is 0 Å². The Morgan fingerprint density at radius 1 is 1.44 bits per heavy atom. The molecule has 0 saturated carbocycles. The Morgan fingerprint density at radius 2 is 2.11 bits per heavy atom. The van der Waals surface area contributed by atoms with E-state index in [1.54, 1.807) is 13.0 Å². The van der Waals surface area contributed by atoms with E-state index in [1.807, 2.05) is 0 Å². The minimum atomic E-state index is -0.209. The molecule has 0 fully saturated rings. The highest BCUT2D eigenvalue weighted by atomic mass is 35.5. The second-order valence-corrected chi connectivity index (χ2v) is 2.33. The molecule has 0 spiro atoms. The molecule has 0 nitrogen and oxygen atoms in total. The van der Waals surface area contributed by atoms with Crippen molar-refractivity contribution in [3.63, 3.8) is 0 Å². The van der Waals surface area contributed by atoms with Crippen LogP contribution in [0.1, 0.15) is 5.56 Å². The molecule has 0 heterocycles. The molecule has 0 amide bonds. The topological polar surface area (TPSA) is 0 Å². The molecular formula is C7H6ClF. The van der Waals surface area contributed by atoms with Gasteiger partial charge in [-0.3, -0.25) is 0 Å². The fourth-order valence-electron chi connectivity index (χ4n) is 0.608. The first kappa shape index (κ1) is 6.56. The van der Waals surface area contributed by atoms with E-state index in [0.717, 1.165) is 0 Å². The van der Waals surface area contributed by atoms with Crippen molar-refractivity contribution in [1.29, 1.82) is 0 Å². The van der Waals surface area contributed by atoms with E-state index in [2.05, 4.69) is 0 Å². The van der Waals surface area contributed by atoms with Gasteiger partial charge in [0.2, 0.25) is 0 Å². The molecule has 0 aliphatic rings. The Labute approximate surface area is 58.3 Å². The number of hydrogen-bond donors (Lipinski definition) is 0. The first-order valence-corrected chi connectivity index (χ1v) is 2.99. The van der Waals surface area contributed by atoms with E-state index in [9.17, 15) is 4.39 Å². The average Bonchev–Trinajstić information content (AvgIpc) is 1.80. The number of hydrogen-bond acceptors (Lipinski definition) is 0. The highest BCUT2D eigenvalue weighted by molar-refractivity contribution is 6.30. The molecule has 0 saturated heterocycles. The third kappa shape index (κ3) is 1.42. The minimum Gasteiger partial charge on any atom is -0.207 e. The summed E-state index contributed by atoms with van der Waals surface area (Å²) < 4.78 is 12.4. The van der Waals surface area contributed by atoms with Gasteiger partial charge in [-0.05, 0) is 30.7 Å². The quantitative estimate of drug-likeness (QED) is 0.525. The normalized spacial score (nSPS) is 9.67. The Hall–Kier alpha value is -0.560. The van der Waals surface area contributed by atoms with Crippen molar-refractivity contribution in [3.8, 4) is 0 Å². The summed E-state index contributed by atoms with van der Waals surface area (Å²) in [6.07, 6.45) is 0. The zero-order valence-corrected chi connectivity index (χ0v) is 5.74. The highest BCUT2D eigenvalue weighted by Gasteiger charge is 1.94. The maximum atomic E-state index is 12.4. The lowest BCUT2D eigenvalue weighted by Crippen LogP contribution is -1.78. The second-order valence-electron chi connectivity index (χ2n) is 1.89. The maximum Gasteiger partial charge on any atom is 0.126 e. The Bertz CT molecular complexity index is 220. The van der Waals surface area contributed by atoms with Crippen LogP contribution in [0.3, 0.4) is 0 Å². The Balaban J connectivity index is 3.17. The first-order chi connectivity index (χ1) is 4.20. The van der Waals surface area contributed by atoms with Gasteiger partial charge in [-0.15, -0.1) is 0 Å². The summed E-state index contributed by atoms with van der Waals surface area (Å²) in [7, 11) is 0. The largest absolute Gasteiger partial charge is 0.207 e. The van der Waals surface area contributed by atoms with Crippen molar-refractivity contribution in [3.05, 3.63) is 34.6 Å². The Morgan fingerprint density at radius 3 is 2.56 bits per heavy atom. The van der Waals surface area contributed by atoms with Crippen LogP contribution in [0, 0.1) is 12.7 Å². The summed E-state index contributed by atoms with van der Waals surface area (Å²) in [6, 6.07) is 4.48. The van der Waals surface area contributed by atoms with E-state index >= 15 is 0 Å². The van der Waals surface area contributed by atoms with Crippen molar-refractivity contribution < 1.29 is 4.39 Å². The number of benzene rings is 1. The summed E-state index contributed by atoms with van der Waals surface area (Å²) in [5.41, 5.74) is 0.586. The van der Waals surface area contributed by atoms with Crippen LogP contribution in [0.2, 0.25) is 5.02 Å². The van der Waals surface area contributed by atoms with E-state index in [1.165, 1.54) is 12.1 Å². The van der Waals surface area contributed by atoms with Crippen molar-refractivity contribution in [2.24, 2.45) is 0 Å². The zero-order valence-electron chi connectivity index (χ0n) is 4.99. The van der Waals surface area contributed by atoms with Crippen LogP contribution in [0.15, 0.2) is 18.2 Å². The monoisotopic (exact) mass is 144 g/mol. The van der Waals surface area contributed by atoms with Gasteiger partial charge in [0.25, 0.3) is 0 Å². The predicted molar refractivity (Wildman–Crippen MR) is 36.1 cm³/mol. The van der Waals surface area contributed by atoms with Crippen LogP contribution in [-0.2, 0) is 0 Å². The van der Waals surface area contributed by atoms with Gasteiger partial charge in [-0.1, -0.05) is 11.6 Å². The third-order valence-corrected chi connectivity index (χ3v) is 1.36. The lowest BCUT2D eigenvalue weighted by Gasteiger charge is -1.93. The van der Waals surface area contributed by atoms with E-state index < -0.39 is 0 Å². The lowest BCUT2D eigenvalue weighted by atomic mass is 10.2. The van der Waals surface area contributed by atoms with Gasteiger partial charge in [0.15, 0.2) is 0 Å². The molecule has 9 heavy (non-hydrogen) atoms. The number of aryl methyl sites for hydroxylation is 1. The summed E-state index contributed by atoms with van der Waals surface area (Å²) in [6.45, 7) is 1.68. The van der Waals surface area contributed by atoms with Crippen LogP contribution in [0.5, 0.6) is 0 Å². The standard InChI is InChI=1S/C7H6ClF/c1-5-4-6(8)2-3-7(5)9/h2-4H,1H3. The van der Waals surface area contributed by atoms with Crippen molar-refractivity contribution in [2.75, 3.05) is 0 Å². The van der Waals surface area contributed by atoms with Gasteiger partial charge in [0, 0.05) is 5.02 Å². The van der Waals surface area contributed by atoms with Crippen LogP contribution < -0.4 is 0 Å². The fraction of sp³-hybridized carbons (Fsp3) is 0.143. The van der Waals surface area contributed by atoms with E-state index in [4.69, 9.17) is 11.6 Å². The molecule has 2 heteroatoms. The molecule has 1 aromatic carbocycles. The van der Waals surface area contributed by atoms with Crippen LogP contribution in [0.25, 0.3) is 0 Å². The molecule has 0 aliphatic heterocycles. The maximum absolute atomic E-state index is 12.4. The van der Waals surface area contributed by atoms with Gasteiger partial charge in [0.1, 0.15) is 5.82 Å². The SMILES string of the molecule is Cc1cc(Cl)ccc1F. The van der Waals surface area contributed by atoms with Gasteiger partial charge in [-0.25, -0.2) is 4.39 Å². The molecule has 0 N–H and O–H groups in total. The number of rotatable bonds is 0. The van der Waals surface area contributed by atoms with Crippen molar-refractivity contribution in [2.45, 2.75) is 6.92 Å². The summed E-state index contributed by atoms with van der Waals surface area (Å²) in [4.78, 5) is 0. The zero-order chi connectivity index (χ0) is 6.85. The first-order valence-electron chi connectivity index (χ1n) is 2.62. The summed E-state index contributed by atoms with van der Waals surface area (Å²) in [5, 5.41) is 0.578. The molecule has 0 atom stereocenters. The summed E-state index contributed by atoms with van der Waals surface area (Å²) in [5.74, 6) is -0.209. The molecule has 0 bridgehead atoms. The molecule has 0 radical (unpaired) electrons. The highest BCUT2D eigenvalue weighted by Crippen LogP contribution is 2.12. The van der Waals surface area contributed by atoms with Crippen molar-refractivity contribution in [1.82, 2.24) is 0 Å². The summed E-state index contributed by atoms with van der Waals surface area (Å²) >= 11 is 5.55. The van der Waals surface area contributed by atoms with E-state index in [0.29, 0.717) is 10.6 Å². The predicted octanol–water partition coefficient (Wildman–Crippen LogP) is 2.79. The molecule has 0 unspecified atom stereocenters. The smallest absolute Gasteiger partial charge is 0.126 e. The minimum absolute atomic E-state index is 0.209. The molecule has 1 aromatic rings. The fourth-order valence-corrected chi connectivity index (χ4v) is 0.835. The molecule has 1 rings (SSSR count). The number of halogens is 2. The van der Waals surface area contributed by atoms with Gasteiger partial charge in [0.05, 0.1) is 0 Å². The molecule has 48 valence electrons. The molecule has 0 aromatic heterocycles. The average molecular weight is 145 g/mol. The third-order valence-electron chi connectivity index (χ3n) is 1.12. The van der Waals surface area contributed by atoms with Crippen LogP contribution >= 0.6 is 11.6 Å².